The van der Waals surface area contributed by atoms with Crippen molar-refractivity contribution in [1.82, 2.24) is 15.1 Å². The van der Waals surface area contributed by atoms with Gasteiger partial charge in [-0.3, -0.25) is 4.98 Å². The maximum absolute atomic E-state index is 9.86. The lowest BCUT2D eigenvalue weighted by Gasteiger charge is -2.00. The number of nitrogens with zero attached hydrogens (tertiary/aromatic N) is 3. The highest BCUT2D eigenvalue weighted by Gasteiger charge is 2.15. The summed E-state index contributed by atoms with van der Waals surface area (Å²) in [6, 6.07) is 6.56. The normalized spacial score (nSPS) is 10.7. The van der Waals surface area contributed by atoms with E-state index in [0.29, 0.717) is 17.1 Å². The Bertz CT molecular complexity index is 767. The van der Waals surface area contributed by atoms with E-state index in [1.54, 1.807) is 24.5 Å². The fourth-order valence-corrected chi connectivity index (χ4v) is 1.90. The highest BCUT2D eigenvalue weighted by atomic mass is 16.5. The second-order valence-corrected chi connectivity index (χ2v) is 4.39. The Morgan fingerprint density at radius 3 is 2.80 bits per heavy atom. The van der Waals surface area contributed by atoms with Gasteiger partial charge < -0.3 is 15.4 Å². The molecule has 6 heteroatoms. The SMILES string of the molecule is Cc1cnccc1-c1noc(-c2ccc(N)cc2O)n1. The van der Waals surface area contributed by atoms with Crippen LogP contribution in [0, 0.1) is 6.92 Å². The number of hydrogen-bond acceptors (Lipinski definition) is 6. The van der Waals surface area contributed by atoms with Crippen LogP contribution in [-0.2, 0) is 0 Å². The van der Waals surface area contributed by atoms with Gasteiger partial charge in [0.05, 0.1) is 5.56 Å². The number of nitrogen functional groups attached to an aromatic ring is 1. The minimum Gasteiger partial charge on any atom is -0.507 e. The zero-order chi connectivity index (χ0) is 14.1. The maximum atomic E-state index is 9.86. The van der Waals surface area contributed by atoms with Crippen molar-refractivity contribution < 1.29 is 9.63 Å². The number of phenolic OH excluding ortho intramolecular Hbond substituents is 1. The first-order valence-corrected chi connectivity index (χ1v) is 5.98. The molecular formula is C14H12N4O2. The van der Waals surface area contributed by atoms with Crippen LogP contribution in [0.4, 0.5) is 5.69 Å². The predicted molar refractivity (Wildman–Crippen MR) is 73.8 cm³/mol. The molecule has 0 aliphatic heterocycles. The molecule has 0 unspecified atom stereocenters. The third-order valence-electron chi connectivity index (χ3n) is 2.94. The standard InChI is InChI=1S/C14H12N4O2/c1-8-7-16-5-4-10(8)13-17-14(20-18-13)11-3-2-9(15)6-12(11)19/h2-7,19H,15H2,1H3. The van der Waals surface area contributed by atoms with Crippen LogP contribution in [0.3, 0.4) is 0 Å². The molecule has 0 amide bonds. The van der Waals surface area contributed by atoms with E-state index in [-0.39, 0.29) is 11.6 Å². The first kappa shape index (κ1) is 12.2. The number of aromatic hydroxyl groups is 1. The molecule has 2 aromatic heterocycles. The summed E-state index contributed by atoms with van der Waals surface area (Å²) in [6.45, 7) is 1.92. The number of pyridine rings is 1. The molecule has 1 aromatic carbocycles. The molecule has 3 N–H and O–H groups in total. The number of nitrogens with two attached hydrogens (primary N) is 1. The predicted octanol–water partition coefficient (Wildman–Crippen LogP) is 2.39. The van der Waals surface area contributed by atoms with Gasteiger partial charge in [0, 0.05) is 29.7 Å². The first-order chi connectivity index (χ1) is 9.65. The second kappa shape index (κ2) is 4.65. The quantitative estimate of drug-likeness (QED) is 0.692. The Kier molecular flexibility index (Phi) is 2.83. The molecule has 0 radical (unpaired) electrons. The topological polar surface area (TPSA) is 98.1 Å². The average molecular weight is 268 g/mol. The third kappa shape index (κ3) is 2.07. The zero-order valence-corrected chi connectivity index (χ0v) is 10.7. The summed E-state index contributed by atoms with van der Waals surface area (Å²) in [6.07, 6.45) is 3.39. The zero-order valence-electron chi connectivity index (χ0n) is 10.7. The Morgan fingerprint density at radius 2 is 2.05 bits per heavy atom. The van der Waals surface area contributed by atoms with E-state index >= 15 is 0 Å². The summed E-state index contributed by atoms with van der Waals surface area (Å²) >= 11 is 0. The molecule has 0 spiro atoms. The van der Waals surface area contributed by atoms with E-state index in [2.05, 4.69) is 15.1 Å². The van der Waals surface area contributed by atoms with Crippen molar-refractivity contribution in [3.8, 4) is 28.6 Å². The van der Waals surface area contributed by atoms with Crippen LogP contribution in [0.15, 0.2) is 41.2 Å². The summed E-state index contributed by atoms with van der Waals surface area (Å²) in [4.78, 5) is 8.31. The fraction of sp³-hybridized carbons (Fsp3) is 0.0714. The number of anilines is 1. The monoisotopic (exact) mass is 268 g/mol. The third-order valence-corrected chi connectivity index (χ3v) is 2.94. The fourth-order valence-electron chi connectivity index (χ4n) is 1.90. The lowest BCUT2D eigenvalue weighted by atomic mass is 10.1. The molecule has 0 aliphatic carbocycles. The highest BCUT2D eigenvalue weighted by Crippen LogP contribution is 2.31. The molecule has 0 atom stereocenters. The van der Waals surface area contributed by atoms with Crippen molar-refractivity contribution in [3.63, 3.8) is 0 Å². The van der Waals surface area contributed by atoms with Crippen molar-refractivity contribution in [3.05, 3.63) is 42.2 Å². The number of rotatable bonds is 2. The summed E-state index contributed by atoms with van der Waals surface area (Å²) in [5, 5.41) is 13.8. The van der Waals surface area contributed by atoms with E-state index in [1.807, 2.05) is 13.0 Å². The Labute approximate surface area is 114 Å². The van der Waals surface area contributed by atoms with E-state index in [4.69, 9.17) is 10.3 Å². The van der Waals surface area contributed by atoms with Gasteiger partial charge >= 0.3 is 0 Å². The Hall–Kier alpha value is -2.89. The van der Waals surface area contributed by atoms with Gasteiger partial charge in [0.1, 0.15) is 5.75 Å². The van der Waals surface area contributed by atoms with Crippen LogP contribution in [0.1, 0.15) is 5.56 Å². The van der Waals surface area contributed by atoms with Crippen molar-refractivity contribution in [1.29, 1.82) is 0 Å². The van der Waals surface area contributed by atoms with Gasteiger partial charge in [-0.05, 0) is 30.7 Å². The molecule has 0 saturated heterocycles. The number of hydrogen-bond donors (Lipinski definition) is 2. The summed E-state index contributed by atoms with van der Waals surface area (Å²) < 4.78 is 5.20. The maximum Gasteiger partial charge on any atom is 0.262 e. The van der Waals surface area contributed by atoms with Gasteiger partial charge in [-0.15, -0.1) is 0 Å². The Morgan fingerprint density at radius 1 is 1.20 bits per heavy atom. The van der Waals surface area contributed by atoms with Gasteiger partial charge in [-0.1, -0.05) is 5.16 Å². The number of aromatic nitrogens is 3. The van der Waals surface area contributed by atoms with Crippen LogP contribution in [0.2, 0.25) is 0 Å². The molecule has 0 fully saturated rings. The summed E-state index contributed by atoms with van der Waals surface area (Å²) in [5.41, 5.74) is 8.29. The molecule has 2 heterocycles. The van der Waals surface area contributed by atoms with Crippen molar-refractivity contribution >= 4 is 5.69 Å². The molecule has 0 saturated carbocycles. The molecule has 3 rings (SSSR count). The largest absolute Gasteiger partial charge is 0.507 e. The minimum atomic E-state index is 0.00616. The number of phenols is 1. The number of aryl methyl sites for hydroxylation is 1. The molecule has 20 heavy (non-hydrogen) atoms. The van der Waals surface area contributed by atoms with Gasteiger partial charge in [0.25, 0.3) is 5.89 Å². The van der Waals surface area contributed by atoms with Crippen molar-refractivity contribution in [2.24, 2.45) is 0 Å². The molecule has 6 nitrogen and oxygen atoms in total. The van der Waals surface area contributed by atoms with Gasteiger partial charge in [0.2, 0.25) is 5.82 Å². The smallest absolute Gasteiger partial charge is 0.262 e. The molecular weight excluding hydrogens is 256 g/mol. The van der Waals surface area contributed by atoms with Crippen LogP contribution in [-0.4, -0.2) is 20.2 Å². The first-order valence-electron chi connectivity index (χ1n) is 5.98. The molecule has 100 valence electrons. The lowest BCUT2D eigenvalue weighted by molar-refractivity contribution is 0.426. The Balaban J connectivity index is 2.04. The lowest BCUT2D eigenvalue weighted by Crippen LogP contribution is -1.87. The molecule has 0 bridgehead atoms. The van der Waals surface area contributed by atoms with E-state index < -0.39 is 0 Å². The second-order valence-electron chi connectivity index (χ2n) is 4.39. The number of benzene rings is 1. The molecule has 0 aliphatic rings. The molecule has 3 aromatic rings. The van der Waals surface area contributed by atoms with E-state index in [0.717, 1.165) is 11.1 Å². The van der Waals surface area contributed by atoms with Gasteiger partial charge in [0.15, 0.2) is 0 Å². The van der Waals surface area contributed by atoms with Crippen molar-refractivity contribution in [2.75, 3.05) is 5.73 Å². The summed E-state index contributed by atoms with van der Waals surface area (Å²) in [7, 11) is 0. The van der Waals surface area contributed by atoms with Crippen LogP contribution in [0.5, 0.6) is 5.75 Å². The van der Waals surface area contributed by atoms with Crippen LogP contribution >= 0.6 is 0 Å². The van der Waals surface area contributed by atoms with Gasteiger partial charge in [-0.25, -0.2) is 0 Å². The minimum absolute atomic E-state index is 0.00616. The average Bonchev–Trinajstić information content (AvgIpc) is 2.88. The van der Waals surface area contributed by atoms with Gasteiger partial charge in [-0.2, -0.15) is 4.98 Å². The van der Waals surface area contributed by atoms with E-state index in [1.165, 1.54) is 6.07 Å². The van der Waals surface area contributed by atoms with Crippen LogP contribution in [0.25, 0.3) is 22.8 Å². The highest BCUT2D eigenvalue weighted by molar-refractivity contribution is 5.68. The van der Waals surface area contributed by atoms with Crippen LogP contribution < -0.4 is 5.73 Å². The van der Waals surface area contributed by atoms with Crippen molar-refractivity contribution in [2.45, 2.75) is 6.92 Å². The van der Waals surface area contributed by atoms with E-state index in [9.17, 15) is 5.11 Å². The summed E-state index contributed by atoms with van der Waals surface area (Å²) in [5.74, 6) is 0.705.